The van der Waals surface area contributed by atoms with Crippen LogP contribution >= 0.6 is 0 Å². The third-order valence-electron chi connectivity index (χ3n) is 5.38. The quantitative estimate of drug-likeness (QED) is 0.891. The highest BCUT2D eigenvalue weighted by atomic mass is 15.2. The Bertz CT molecular complexity index is 397. The van der Waals surface area contributed by atoms with E-state index in [2.05, 4.69) is 35.2 Å². The molecule has 20 heavy (non-hydrogen) atoms. The van der Waals surface area contributed by atoms with Crippen LogP contribution in [0.4, 0.5) is 0 Å². The summed E-state index contributed by atoms with van der Waals surface area (Å²) in [5.41, 5.74) is 7.49. The third-order valence-corrected chi connectivity index (χ3v) is 5.38. The molecule has 0 radical (unpaired) electrons. The van der Waals surface area contributed by atoms with Gasteiger partial charge in [-0.05, 0) is 36.9 Å². The predicted molar refractivity (Wildman–Crippen MR) is 84.7 cm³/mol. The Labute approximate surface area is 123 Å². The van der Waals surface area contributed by atoms with E-state index in [9.17, 15) is 0 Å². The predicted octanol–water partition coefficient (Wildman–Crippen LogP) is 3.24. The van der Waals surface area contributed by atoms with Gasteiger partial charge in [-0.3, -0.25) is 0 Å². The lowest BCUT2D eigenvalue weighted by Crippen LogP contribution is -2.25. The van der Waals surface area contributed by atoms with Gasteiger partial charge in [-0.1, -0.05) is 56.0 Å². The molecule has 1 aromatic rings. The molecule has 1 aliphatic heterocycles. The van der Waals surface area contributed by atoms with E-state index in [-0.39, 0.29) is 0 Å². The van der Waals surface area contributed by atoms with E-state index in [0.29, 0.717) is 11.8 Å². The number of hydrogen-bond donors (Lipinski definition) is 1. The van der Waals surface area contributed by atoms with Gasteiger partial charge in [0.15, 0.2) is 0 Å². The fourth-order valence-corrected chi connectivity index (χ4v) is 4.12. The van der Waals surface area contributed by atoms with Crippen molar-refractivity contribution in [3.63, 3.8) is 0 Å². The smallest absolute Gasteiger partial charge is 0.00540 e. The fourth-order valence-electron chi connectivity index (χ4n) is 4.12. The fraction of sp³-hybridized carbons (Fsp3) is 0.667. The zero-order chi connectivity index (χ0) is 13.8. The Morgan fingerprint density at radius 2 is 1.80 bits per heavy atom. The summed E-state index contributed by atoms with van der Waals surface area (Å²) in [7, 11) is 0. The van der Waals surface area contributed by atoms with Gasteiger partial charge >= 0.3 is 0 Å². The first kappa shape index (κ1) is 14.1. The Morgan fingerprint density at radius 1 is 1.05 bits per heavy atom. The number of benzene rings is 1. The first-order valence-corrected chi connectivity index (χ1v) is 8.34. The summed E-state index contributed by atoms with van der Waals surface area (Å²) < 4.78 is 0. The summed E-state index contributed by atoms with van der Waals surface area (Å²) in [5.74, 6) is 2.29. The Morgan fingerprint density at radius 3 is 2.50 bits per heavy atom. The van der Waals surface area contributed by atoms with Gasteiger partial charge in [-0.15, -0.1) is 0 Å². The molecule has 1 heterocycles. The van der Waals surface area contributed by atoms with Crippen molar-refractivity contribution < 1.29 is 0 Å². The maximum absolute atomic E-state index is 6.02. The molecule has 0 amide bonds. The molecule has 0 unspecified atom stereocenters. The first-order valence-electron chi connectivity index (χ1n) is 8.34. The summed E-state index contributed by atoms with van der Waals surface area (Å²) in [5, 5.41) is 0. The average Bonchev–Trinajstić information content (AvgIpc) is 3.15. The van der Waals surface area contributed by atoms with Gasteiger partial charge in [-0.25, -0.2) is 0 Å². The monoisotopic (exact) mass is 272 g/mol. The minimum atomic E-state index is 0.640. The van der Waals surface area contributed by atoms with Crippen LogP contribution in [0.3, 0.4) is 0 Å². The molecule has 2 fully saturated rings. The molecule has 1 saturated heterocycles. The lowest BCUT2D eigenvalue weighted by Gasteiger charge is -2.18. The second kappa shape index (κ2) is 6.73. The zero-order valence-electron chi connectivity index (χ0n) is 12.5. The maximum atomic E-state index is 6.02. The topological polar surface area (TPSA) is 29.3 Å². The summed E-state index contributed by atoms with van der Waals surface area (Å²) >= 11 is 0. The minimum absolute atomic E-state index is 0.640. The van der Waals surface area contributed by atoms with Gasteiger partial charge in [0.1, 0.15) is 0 Å². The van der Waals surface area contributed by atoms with Crippen LogP contribution in [0.25, 0.3) is 0 Å². The molecule has 3 rings (SSSR count). The van der Waals surface area contributed by atoms with Crippen LogP contribution in [0, 0.1) is 11.8 Å². The Balaban J connectivity index is 1.56. The van der Waals surface area contributed by atoms with Crippen LogP contribution in [0.2, 0.25) is 0 Å². The van der Waals surface area contributed by atoms with Crippen LogP contribution in [0.5, 0.6) is 0 Å². The molecule has 2 nitrogen and oxygen atoms in total. The summed E-state index contributed by atoms with van der Waals surface area (Å²) in [6, 6.07) is 11.0. The lowest BCUT2D eigenvalue weighted by atomic mass is 9.89. The van der Waals surface area contributed by atoms with E-state index in [1.807, 2.05) is 0 Å². The van der Waals surface area contributed by atoms with Gasteiger partial charge in [0.05, 0.1) is 0 Å². The van der Waals surface area contributed by atoms with Crippen molar-refractivity contribution in [2.75, 3.05) is 26.2 Å². The van der Waals surface area contributed by atoms with Crippen molar-refractivity contribution in [3.05, 3.63) is 35.9 Å². The SMILES string of the molecule is NC[C@@H]1CN(CCC2CCCC2)C[C@H]1c1ccccc1. The third kappa shape index (κ3) is 3.24. The highest BCUT2D eigenvalue weighted by Gasteiger charge is 2.32. The highest BCUT2D eigenvalue weighted by molar-refractivity contribution is 5.22. The van der Waals surface area contributed by atoms with E-state index in [0.717, 1.165) is 12.5 Å². The number of nitrogens with two attached hydrogens (primary N) is 1. The summed E-state index contributed by atoms with van der Waals surface area (Å²) in [6.07, 6.45) is 7.26. The molecule has 0 spiro atoms. The molecule has 110 valence electrons. The van der Waals surface area contributed by atoms with Crippen molar-refractivity contribution in [2.45, 2.75) is 38.0 Å². The number of hydrogen-bond acceptors (Lipinski definition) is 2. The van der Waals surface area contributed by atoms with Gasteiger partial charge in [0.2, 0.25) is 0 Å². The van der Waals surface area contributed by atoms with Crippen molar-refractivity contribution in [2.24, 2.45) is 17.6 Å². The van der Waals surface area contributed by atoms with Crippen molar-refractivity contribution in [1.29, 1.82) is 0 Å². The molecule has 0 bridgehead atoms. The van der Waals surface area contributed by atoms with Crippen LogP contribution in [0.1, 0.15) is 43.6 Å². The normalized spacial score (nSPS) is 28.2. The van der Waals surface area contributed by atoms with Crippen molar-refractivity contribution in [1.82, 2.24) is 4.90 Å². The molecule has 1 aromatic carbocycles. The zero-order valence-corrected chi connectivity index (χ0v) is 12.5. The van der Waals surface area contributed by atoms with Crippen LogP contribution in [-0.4, -0.2) is 31.1 Å². The van der Waals surface area contributed by atoms with Crippen molar-refractivity contribution in [3.8, 4) is 0 Å². The van der Waals surface area contributed by atoms with Gasteiger partial charge in [0.25, 0.3) is 0 Å². The van der Waals surface area contributed by atoms with E-state index in [4.69, 9.17) is 5.73 Å². The van der Waals surface area contributed by atoms with Crippen LogP contribution in [0.15, 0.2) is 30.3 Å². The Hall–Kier alpha value is -0.860. The molecule has 0 aromatic heterocycles. The largest absolute Gasteiger partial charge is 0.330 e. The maximum Gasteiger partial charge on any atom is 0.00540 e. The van der Waals surface area contributed by atoms with Crippen molar-refractivity contribution >= 4 is 0 Å². The molecule has 2 heteroatoms. The van der Waals surface area contributed by atoms with Gasteiger partial charge in [-0.2, -0.15) is 0 Å². The average molecular weight is 272 g/mol. The van der Waals surface area contributed by atoms with Crippen LogP contribution < -0.4 is 5.73 Å². The second-order valence-corrected chi connectivity index (χ2v) is 6.71. The summed E-state index contributed by atoms with van der Waals surface area (Å²) in [6.45, 7) is 4.51. The van der Waals surface area contributed by atoms with Gasteiger partial charge in [0, 0.05) is 19.0 Å². The Kier molecular flexibility index (Phi) is 4.74. The molecule has 2 atom stereocenters. The van der Waals surface area contributed by atoms with E-state index in [1.54, 1.807) is 0 Å². The number of rotatable bonds is 5. The minimum Gasteiger partial charge on any atom is -0.330 e. The first-order chi connectivity index (χ1) is 9.86. The highest BCUT2D eigenvalue weighted by Crippen LogP contribution is 2.33. The van der Waals surface area contributed by atoms with Crippen LogP contribution in [-0.2, 0) is 0 Å². The number of nitrogens with zero attached hydrogens (tertiary/aromatic N) is 1. The molecule has 2 N–H and O–H groups in total. The molecule has 1 aliphatic carbocycles. The van der Waals surface area contributed by atoms with E-state index >= 15 is 0 Å². The van der Waals surface area contributed by atoms with Gasteiger partial charge < -0.3 is 10.6 Å². The molecule has 2 aliphatic rings. The number of likely N-dealkylation sites (tertiary alicyclic amines) is 1. The molecule has 1 saturated carbocycles. The second-order valence-electron chi connectivity index (χ2n) is 6.71. The summed E-state index contributed by atoms with van der Waals surface area (Å²) in [4.78, 5) is 2.66. The molecular formula is C18H28N2. The van der Waals surface area contributed by atoms with E-state index in [1.165, 1.54) is 57.3 Å². The lowest BCUT2D eigenvalue weighted by molar-refractivity contribution is 0.292. The van der Waals surface area contributed by atoms with E-state index < -0.39 is 0 Å². The molecular weight excluding hydrogens is 244 g/mol. The standard InChI is InChI=1S/C18H28N2/c19-12-17-13-20(11-10-15-6-4-5-7-15)14-18(17)16-8-2-1-3-9-16/h1-3,8-9,15,17-18H,4-7,10-14,19H2/t17-,18+/m1/s1.